The lowest BCUT2D eigenvalue weighted by Gasteiger charge is -2.07. The van der Waals surface area contributed by atoms with Crippen LogP contribution in [0.3, 0.4) is 0 Å². The van der Waals surface area contributed by atoms with E-state index in [2.05, 4.69) is 5.32 Å². The van der Waals surface area contributed by atoms with Crippen LogP contribution in [0.2, 0.25) is 0 Å². The van der Waals surface area contributed by atoms with Crippen LogP contribution < -0.4 is 5.32 Å². The zero-order chi connectivity index (χ0) is 8.39. The van der Waals surface area contributed by atoms with Gasteiger partial charge < -0.3 is 10.1 Å². The number of hydrogen-bond donors (Lipinski definition) is 1. The van der Waals surface area contributed by atoms with E-state index in [0.29, 0.717) is 5.17 Å². The molecule has 1 N–H and O–H groups in total. The van der Waals surface area contributed by atoms with Crippen molar-refractivity contribution in [2.75, 3.05) is 6.54 Å². The Morgan fingerprint density at radius 1 is 1.33 bits per heavy atom. The van der Waals surface area contributed by atoms with Crippen molar-refractivity contribution in [2.45, 2.75) is 6.10 Å². The lowest BCUT2D eigenvalue weighted by Crippen LogP contribution is -2.12. The third-order valence-corrected chi connectivity index (χ3v) is 2.09. The van der Waals surface area contributed by atoms with Gasteiger partial charge in [0.15, 0.2) is 0 Å². The van der Waals surface area contributed by atoms with Gasteiger partial charge in [-0.15, -0.1) is 0 Å². The Morgan fingerprint density at radius 3 is 2.67 bits per heavy atom. The van der Waals surface area contributed by atoms with Crippen molar-refractivity contribution in [3.8, 4) is 0 Å². The average molecular weight is 179 g/mol. The first kappa shape index (κ1) is 7.55. The van der Waals surface area contributed by atoms with E-state index in [1.165, 1.54) is 5.56 Å². The van der Waals surface area contributed by atoms with E-state index in [1.54, 1.807) is 0 Å². The highest BCUT2D eigenvalue weighted by Gasteiger charge is 2.20. The summed E-state index contributed by atoms with van der Waals surface area (Å²) in [6, 6.07) is 10.1. The zero-order valence-electron chi connectivity index (χ0n) is 6.49. The van der Waals surface area contributed by atoms with Crippen LogP contribution in [0, 0.1) is 0 Å². The van der Waals surface area contributed by atoms with Gasteiger partial charge in [-0.05, 0) is 17.8 Å². The first-order valence-electron chi connectivity index (χ1n) is 3.86. The first-order valence-corrected chi connectivity index (χ1v) is 4.26. The molecule has 3 heteroatoms. The first-order chi connectivity index (χ1) is 5.86. The third kappa shape index (κ3) is 1.41. The summed E-state index contributed by atoms with van der Waals surface area (Å²) in [7, 11) is 0. The molecule has 1 aliphatic heterocycles. The van der Waals surface area contributed by atoms with E-state index in [-0.39, 0.29) is 6.10 Å². The maximum Gasteiger partial charge on any atom is 0.257 e. The number of rotatable bonds is 1. The SMILES string of the molecule is S=C1NCC(c2ccccc2)O1. The van der Waals surface area contributed by atoms with E-state index < -0.39 is 0 Å². The topological polar surface area (TPSA) is 21.3 Å². The lowest BCUT2D eigenvalue weighted by atomic mass is 10.1. The molecule has 0 radical (unpaired) electrons. The van der Waals surface area contributed by atoms with E-state index in [0.717, 1.165) is 6.54 Å². The van der Waals surface area contributed by atoms with Gasteiger partial charge in [0.1, 0.15) is 6.10 Å². The van der Waals surface area contributed by atoms with Crippen molar-refractivity contribution in [3.63, 3.8) is 0 Å². The standard InChI is InChI=1S/C9H9NOS/c12-9-10-6-8(11-9)7-4-2-1-3-5-7/h1-5,8H,6H2,(H,10,12). The second kappa shape index (κ2) is 3.11. The number of nitrogens with one attached hydrogen (secondary N) is 1. The Bertz CT molecular complexity index is 286. The van der Waals surface area contributed by atoms with Crippen molar-refractivity contribution >= 4 is 17.4 Å². The van der Waals surface area contributed by atoms with Crippen LogP contribution in [-0.4, -0.2) is 11.7 Å². The minimum Gasteiger partial charge on any atom is -0.461 e. The summed E-state index contributed by atoms with van der Waals surface area (Å²) >= 11 is 4.86. The Kier molecular flexibility index (Phi) is 1.96. The van der Waals surface area contributed by atoms with Crippen LogP contribution >= 0.6 is 12.2 Å². The number of hydrogen-bond acceptors (Lipinski definition) is 2. The van der Waals surface area contributed by atoms with Gasteiger partial charge in [-0.2, -0.15) is 0 Å². The number of thiocarbonyl (C=S) groups is 1. The summed E-state index contributed by atoms with van der Waals surface area (Å²) in [5.41, 5.74) is 1.17. The summed E-state index contributed by atoms with van der Waals surface area (Å²) in [6.45, 7) is 0.781. The molecule has 1 fully saturated rings. The lowest BCUT2D eigenvalue weighted by molar-refractivity contribution is 0.241. The van der Waals surface area contributed by atoms with Crippen LogP contribution in [0.1, 0.15) is 11.7 Å². The number of benzene rings is 1. The Morgan fingerprint density at radius 2 is 2.08 bits per heavy atom. The predicted octanol–water partition coefficient (Wildman–Crippen LogP) is 1.63. The molecule has 1 aliphatic rings. The maximum atomic E-state index is 5.37. The molecule has 1 aromatic rings. The van der Waals surface area contributed by atoms with Crippen LogP contribution in [0.15, 0.2) is 30.3 Å². The van der Waals surface area contributed by atoms with Gasteiger partial charge in [0.2, 0.25) is 0 Å². The second-order valence-corrected chi connectivity index (χ2v) is 3.06. The summed E-state index contributed by atoms with van der Waals surface area (Å²) < 4.78 is 5.37. The molecule has 1 aromatic carbocycles. The van der Waals surface area contributed by atoms with Crippen LogP contribution in [0.4, 0.5) is 0 Å². The van der Waals surface area contributed by atoms with Gasteiger partial charge >= 0.3 is 0 Å². The molecule has 0 aromatic heterocycles. The van der Waals surface area contributed by atoms with E-state index >= 15 is 0 Å². The van der Waals surface area contributed by atoms with Crippen molar-refractivity contribution < 1.29 is 4.74 Å². The van der Waals surface area contributed by atoms with Crippen LogP contribution in [-0.2, 0) is 4.74 Å². The van der Waals surface area contributed by atoms with Crippen LogP contribution in [0.5, 0.6) is 0 Å². The Balaban J connectivity index is 2.16. The fourth-order valence-corrected chi connectivity index (χ4v) is 1.44. The summed E-state index contributed by atoms with van der Waals surface area (Å²) in [5.74, 6) is 0. The minimum absolute atomic E-state index is 0.0960. The molecule has 2 rings (SSSR count). The van der Waals surface area contributed by atoms with Crippen molar-refractivity contribution in [1.82, 2.24) is 5.32 Å². The zero-order valence-corrected chi connectivity index (χ0v) is 7.30. The van der Waals surface area contributed by atoms with Gasteiger partial charge in [-0.25, -0.2) is 0 Å². The Hall–Kier alpha value is -1.09. The van der Waals surface area contributed by atoms with Crippen molar-refractivity contribution in [3.05, 3.63) is 35.9 Å². The molecule has 0 bridgehead atoms. The normalized spacial score (nSPS) is 21.7. The second-order valence-electron chi connectivity index (χ2n) is 2.69. The fraction of sp³-hybridized carbons (Fsp3) is 0.222. The quantitative estimate of drug-likeness (QED) is 0.662. The molecule has 1 saturated heterocycles. The van der Waals surface area contributed by atoms with Gasteiger partial charge in [-0.3, -0.25) is 0 Å². The molecule has 1 heterocycles. The smallest absolute Gasteiger partial charge is 0.257 e. The fourth-order valence-electron chi connectivity index (χ4n) is 1.24. The van der Waals surface area contributed by atoms with E-state index in [9.17, 15) is 0 Å². The van der Waals surface area contributed by atoms with Crippen LogP contribution in [0.25, 0.3) is 0 Å². The predicted molar refractivity (Wildman–Crippen MR) is 50.9 cm³/mol. The van der Waals surface area contributed by atoms with E-state index in [1.807, 2.05) is 30.3 Å². The molecule has 1 unspecified atom stereocenters. The third-order valence-electron chi connectivity index (χ3n) is 1.85. The average Bonchev–Trinajstić information content (AvgIpc) is 2.54. The minimum atomic E-state index is 0.0960. The van der Waals surface area contributed by atoms with Crippen molar-refractivity contribution in [1.29, 1.82) is 0 Å². The molecule has 0 amide bonds. The molecule has 12 heavy (non-hydrogen) atoms. The summed E-state index contributed by atoms with van der Waals surface area (Å²) in [4.78, 5) is 0. The molecule has 62 valence electrons. The summed E-state index contributed by atoms with van der Waals surface area (Å²) in [6.07, 6.45) is 0.0960. The molecular formula is C9H9NOS. The van der Waals surface area contributed by atoms with Gasteiger partial charge in [0.25, 0.3) is 5.17 Å². The van der Waals surface area contributed by atoms with Gasteiger partial charge in [0, 0.05) is 0 Å². The highest BCUT2D eigenvalue weighted by atomic mass is 32.1. The van der Waals surface area contributed by atoms with Crippen molar-refractivity contribution in [2.24, 2.45) is 0 Å². The summed E-state index contributed by atoms with van der Waals surface area (Å²) in [5, 5.41) is 3.48. The molecule has 1 atom stereocenters. The maximum absolute atomic E-state index is 5.37. The molecular weight excluding hydrogens is 170 g/mol. The largest absolute Gasteiger partial charge is 0.461 e. The monoisotopic (exact) mass is 179 g/mol. The van der Waals surface area contributed by atoms with E-state index in [4.69, 9.17) is 17.0 Å². The highest BCUT2D eigenvalue weighted by Crippen LogP contribution is 2.19. The molecule has 0 saturated carbocycles. The molecule has 2 nitrogen and oxygen atoms in total. The van der Waals surface area contributed by atoms with Gasteiger partial charge in [0.05, 0.1) is 6.54 Å². The molecule has 0 aliphatic carbocycles. The molecule has 0 spiro atoms. The Labute approximate surface area is 76.5 Å². The van der Waals surface area contributed by atoms with Gasteiger partial charge in [-0.1, -0.05) is 30.3 Å². The highest BCUT2D eigenvalue weighted by molar-refractivity contribution is 7.80. The number of ether oxygens (including phenoxy) is 1.